The predicted octanol–water partition coefficient (Wildman–Crippen LogP) is 6.81. The lowest BCUT2D eigenvalue weighted by atomic mass is 9.80. The van der Waals surface area contributed by atoms with E-state index in [1.165, 1.54) is 6.07 Å². The molecule has 0 unspecified atom stereocenters. The Morgan fingerprint density at radius 1 is 0.977 bits per heavy atom. The van der Waals surface area contributed by atoms with Crippen LogP contribution in [-0.2, 0) is 32.5 Å². The van der Waals surface area contributed by atoms with Gasteiger partial charge in [0.15, 0.2) is 5.03 Å². The number of aryl methyl sites for hydroxylation is 1. The van der Waals surface area contributed by atoms with E-state index < -0.39 is 27.5 Å². The van der Waals surface area contributed by atoms with E-state index in [4.69, 9.17) is 4.74 Å². The van der Waals surface area contributed by atoms with Crippen LogP contribution < -0.4 is 10.0 Å². The molecule has 2 heterocycles. The molecular weight excluding hydrogens is 562 g/mol. The molecule has 1 aliphatic rings. The highest BCUT2D eigenvalue weighted by Gasteiger charge is 2.43. The Kier molecular flexibility index (Phi) is 11.0. The van der Waals surface area contributed by atoms with Crippen molar-refractivity contribution in [3.05, 3.63) is 101 Å². The van der Waals surface area contributed by atoms with Gasteiger partial charge in [-0.25, -0.2) is 9.78 Å². The molecule has 0 fully saturated rings. The lowest BCUT2D eigenvalue weighted by Gasteiger charge is -2.38. The number of nitrogens with zero attached hydrogens (tertiary/aromatic N) is 1. The van der Waals surface area contributed by atoms with Crippen molar-refractivity contribution in [1.29, 1.82) is 0 Å². The Morgan fingerprint density at radius 2 is 1.77 bits per heavy atom. The van der Waals surface area contributed by atoms with Crippen molar-refractivity contribution in [2.24, 2.45) is 0 Å². The Labute approximate surface area is 255 Å². The number of aliphatic hydroxyl groups is 1. The number of aliphatic hydroxyl groups excluding tert-OH is 1. The molecular formula is C34H43N3O5S. The lowest BCUT2D eigenvalue weighted by Crippen LogP contribution is -2.41. The van der Waals surface area contributed by atoms with Gasteiger partial charge in [0, 0.05) is 30.8 Å². The maximum atomic E-state index is 13.5. The van der Waals surface area contributed by atoms with Gasteiger partial charge in [0.1, 0.15) is 11.4 Å². The first-order chi connectivity index (χ1) is 20.7. The maximum absolute atomic E-state index is 13.5. The molecule has 0 aliphatic carbocycles. The summed E-state index contributed by atoms with van der Waals surface area (Å²) in [5.41, 5.74) is 2.58. The van der Waals surface area contributed by atoms with Gasteiger partial charge in [-0.3, -0.25) is 4.72 Å². The molecule has 9 heteroatoms. The molecule has 8 nitrogen and oxygen atoms in total. The molecule has 3 N–H and O–H groups in total. The van der Waals surface area contributed by atoms with Gasteiger partial charge < -0.3 is 15.2 Å². The number of esters is 1. The topological polar surface area (TPSA) is 118 Å². The molecule has 0 radical (unpaired) electrons. The minimum atomic E-state index is -3.94. The first kappa shape index (κ1) is 32.2. The van der Waals surface area contributed by atoms with Gasteiger partial charge in [-0.15, -0.1) is 0 Å². The number of carbonyl (C=O) groups excluding carboxylic acids is 1. The van der Waals surface area contributed by atoms with Crippen LogP contribution in [0.5, 0.6) is 0 Å². The zero-order valence-electron chi connectivity index (χ0n) is 25.3. The number of anilines is 1. The number of rotatable bonds is 15. The highest BCUT2D eigenvalue weighted by molar-refractivity contribution is 7.92. The lowest BCUT2D eigenvalue weighted by molar-refractivity contribution is -0.161. The summed E-state index contributed by atoms with van der Waals surface area (Å²) >= 11 is 0. The minimum Gasteiger partial charge on any atom is -0.512 e. The summed E-state index contributed by atoms with van der Waals surface area (Å²) in [4.78, 5) is 17.7. The Bertz CT molecular complexity index is 1510. The van der Waals surface area contributed by atoms with E-state index >= 15 is 0 Å². The number of carbonyl (C=O) groups is 1. The van der Waals surface area contributed by atoms with Crippen molar-refractivity contribution >= 4 is 21.7 Å². The van der Waals surface area contributed by atoms with Gasteiger partial charge in [-0.05, 0) is 73.5 Å². The van der Waals surface area contributed by atoms with E-state index in [1.54, 1.807) is 30.5 Å². The molecule has 0 spiro atoms. The standard InChI is InChI=1S/C34H43N3O5S/c1-4-18-34(19-17-25-11-8-7-9-12-25)22-30(38)32(33(39)42-34)29(6-3)27-13-10-14-28(21-27)37-43(40,41)31-16-15-26(24-36-31)23-35-20-5-2/h7-16,21,24,29,35,37-38H,4-6,17-20,22-23H2,1-3H3/t29-,34-/m1/s1. The summed E-state index contributed by atoms with van der Waals surface area (Å²) in [6.07, 6.45) is 6.17. The van der Waals surface area contributed by atoms with Gasteiger partial charge in [0.2, 0.25) is 0 Å². The van der Waals surface area contributed by atoms with Gasteiger partial charge in [0.25, 0.3) is 10.0 Å². The summed E-state index contributed by atoms with van der Waals surface area (Å²) in [7, 11) is -3.94. The zero-order valence-corrected chi connectivity index (χ0v) is 26.1. The molecule has 1 aliphatic heterocycles. The zero-order chi connectivity index (χ0) is 30.9. The van der Waals surface area contributed by atoms with Gasteiger partial charge in [0.05, 0.1) is 5.57 Å². The number of cyclic esters (lactones) is 1. The number of hydrogen-bond donors (Lipinski definition) is 3. The van der Waals surface area contributed by atoms with Crippen molar-refractivity contribution in [2.45, 2.75) is 88.8 Å². The van der Waals surface area contributed by atoms with Crippen molar-refractivity contribution in [3.8, 4) is 0 Å². The van der Waals surface area contributed by atoms with E-state index in [1.807, 2.05) is 38.1 Å². The third-order valence-electron chi connectivity index (χ3n) is 7.87. The second-order valence-electron chi connectivity index (χ2n) is 11.2. The van der Waals surface area contributed by atoms with Crippen molar-refractivity contribution in [1.82, 2.24) is 10.3 Å². The van der Waals surface area contributed by atoms with Crippen LogP contribution in [0.1, 0.15) is 81.9 Å². The van der Waals surface area contributed by atoms with E-state index in [0.717, 1.165) is 36.9 Å². The molecule has 43 heavy (non-hydrogen) atoms. The second-order valence-corrected chi connectivity index (χ2v) is 12.8. The van der Waals surface area contributed by atoms with Gasteiger partial charge >= 0.3 is 5.97 Å². The molecule has 3 aromatic rings. The van der Waals surface area contributed by atoms with Crippen LogP contribution in [0, 0.1) is 0 Å². The van der Waals surface area contributed by atoms with Crippen LogP contribution in [0.2, 0.25) is 0 Å². The smallest absolute Gasteiger partial charge is 0.338 e. The summed E-state index contributed by atoms with van der Waals surface area (Å²) in [6.45, 7) is 7.55. The minimum absolute atomic E-state index is 0.0494. The van der Waals surface area contributed by atoms with Crippen LogP contribution in [0.3, 0.4) is 0 Å². The maximum Gasteiger partial charge on any atom is 0.338 e. The number of aromatic nitrogens is 1. The number of pyridine rings is 1. The third-order valence-corrected chi connectivity index (χ3v) is 9.17. The first-order valence-electron chi connectivity index (χ1n) is 15.2. The fraction of sp³-hybridized carbons (Fsp3) is 0.412. The summed E-state index contributed by atoms with van der Waals surface area (Å²) in [5.74, 6) is -0.923. The van der Waals surface area contributed by atoms with E-state index in [2.05, 4.69) is 34.1 Å². The Balaban J connectivity index is 1.52. The normalized spacial score (nSPS) is 17.9. The van der Waals surface area contributed by atoms with Crippen LogP contribution in [0.4, 0.5) is 5.69 Å². The van der Waals surface area contributed by atoms with Crippen LogP contribution >= 0.6 is 0 Å². The summed E-state index contributed by atoms with van der Waals surface area (Å²) < 4.78 is 35.0. The fourth-order valence-electron chi connectivity index (χ4n) is 5.74. The summed E-state index contributed by atoms with van der Waals surface area (Å²) in [5, 5.41) is 14.5. The second kappa shape index (κ2) is 14.7. The number of ether oxygens (including phenoxy) is 1. The average Bonchev–Trinajstić information content (AvgIpc) is 2.99. The largest absolute Gasteiger partial charge is 0.512 e. The Hall–Kier alpha value is -3.69. The molecule has 4 rings (SSSR count). The van der Waals surface area contributed by atoms with E-state index in [9.17, 15) is 18.3 Å². The fourth-order valence-corrected chi connectivity index (χ4v) is 6.72. The molecule has 0 saturated carbocycles. The molecule has 1 aromatic heterocycles. The quantitative estimate of drug-likeness (QED) is 0.129. The van der Waals surface area contributed by atoms with Crippen molar-refractivity contribution < 1.29 is 23.1 Å². The SMILES string of the molecule is CCCNCc1ccc(S(=O)(=O)Nc2cccc([C@@H](CC)C3=C(O)C[C@@](CCC)(CCc4ccccc4)OC3=O)c2)nc1. The molecule has 0 amide bonds. The number of benzene rings is 2. The number of nitrogens with one attached hydrogen (secondary N) is 2. The van der Waals surface area contributed by atoms with E-state index in [0.29, 0.717) is 37.1 Å². The molecule has 2 aromatic carbocycles. The Morgan fingerprint density at radius 3 is 2.42 bits per heavy atom. The van der Waals surface area contributed by atoms with Crippen LogP contribution in [0.25, 0.3) is 0 Å². The van der Waals surface area contributed by atoms with Crippen molar-refractivity contribution in [3.63, 3.8) is 0 Å². The van der Waals surface area contributed by atoms with Gasteiger partial charge in [-0.2, -0.15) is 8.42 Å². The van der Waals surface area contributed by atoms with Crippen LogP contribution in [0.15, 0.2) is 89.3 Å². The first-order valence-corrected chi connectivity index (χ1v) is 16.7. The number of sulfonamides is 1. The van der Waals surface area contributed by atoms with E-state index in [-0.39, 0.29) is 22.8 Å². The molecule has 0 bridgehead atoms. The average molecular weight is 606 g/mol. The van der Waals surface area contributed by atoms with Crippen LogP contribution in [-0.4, -0.2) is 36.6 Å². The number of hydrogen-bond acceptors (Lipinski definition) is 7. The van der Waals surface area contributed by atoms with Gasteiger partial charge in [-0.1, -0.05) is 75.7 Å². The highest BCUT2D eigenvalue weighted by Crippen LogP contribution is 2.42. The monoisotopic (exact) mass is 605 g/mol. The summed E-state index contributed by atoms with van der Waals surface area (Å²) in [6, 6.07) is 20.2. The van der Waals surface area contributed by atoms with Crippen molar-refractivity contribution in [2.75, 3.05) is 11.3 Å². The molecule has 230 valence electrons. The molecule has 0 saturated heterocycles. The molecule has 2 atom stereocenters. The third kappa shape index (κ3) is 8.24. The highest BCUT2D eigenvalue weighted by atomic mass is 32.2. The predicted molar refractivity (Wildman–Crippen MR) is 169 cm³/mol.